The molecule has 2 N–H and O–H groups in total. The molecule has 0 aliphatic rings. The molecule has 0 bridgehead atoms. The van der Waals surface area contributed by atoms with Crippen molar-refractivity contribution < 1.29 is 19.1 Å². The lowest BCUT2D eigenvalue weighted by molar-refractivity contribution is -0.119. The first-order chi connectivity index (χ1) is 17.0. The number of hydrogen-bond acceptors (Lipinski definition) is 7. The number of amides is 2. The van der Waals surface area contributed by atoms with Crippen LogP contribution in [-0.4, -0.2) is 46.6 Å². The number of thioether (sulfide) groups is 1. The number of benzene rings is 2. The second kappa shape index (κ2) is 13.2. The van der Waals surface area contributed by atoms with Crippen LogP contribution in [0, 0.1) is 0 Å². The van der Waals surface area contributed by atoms with Crippen LogP contribution in [0.3, 0.4) is 0 Å². The van der Waals surface area contributed by atoms with Crippen LogP contribution in [0.25, 0.3) is 6.08 Å². The molecule has 2 aromatic carbocycles. The van der Waals surface area contributed by atoms with Crippen molar-refractivity contribution in [1.29, 1.82) is 0 Å². The maximum atomic E-state index is 12.3. The fourth-order valence-corrected chi connectivity index (χ4v) is 4.06. The summed E-state index contributed by atoms with van der Waals surface area (Å²) in [5, 5.41) is 14.7. The number of hydrogen-bond donors (Lipinski definition) is 2. The molecular formula is C25H29N5O4S. The van der Waals surface area contributed by atoms with E-state index in [1.807, 2.05) is 47.9 Å². The van der Waals surface area contributed by atoms with E-state index in [0.717, 1.165) is 11.1 Å². The van der Waals surface area contributed by atoms with Crippen LogP contribution in [0.2, 0.25) is 0 Å². The highest BCUT2D eigenvalue weighted by Crippen LogP contribution is 2.27. The largest absolute Gasteiger partial charge is 0.493 e. The van der Waals surface area contributed by atoms with E-state index in [-0.39, 0.29) is 24.1 Å². The van der Waals surface area contributed by atoms with E-state index in [2.05, 4.69) is 20.8 Å². The lowest BCUT2D eigenvalue weighted by atomic mass is 10.2. The molecule has 3 rings (SSSR count). The summed E-state index contributed by atoms with van der Waals surface area (Å²) in [7, 11) is 3.13. The minimum Gasteiger partial charge on any atom is -0.493 e. The molecule has 9 nitrogen and oxygen atoms in total. The zero-order valence-electron chi connectivity index (χ0n) is 20.0. The molecule has 0 saturated heterocycles. The number of rotatable bonds is 12. The Labute approximate surface area is 208 Å². The zero-order valence-corrected chi connectivity index (χ0v) is 20.8. The smallest absolute Gasteiger partial charge is 0.244 e. The van der Waals surface area contributed by atoms with Crippen molar-refractivity contribution >= 4 is 29.7 Å². The summed E-state index contributed by atoms with van der Waals surface area (Å²) in [5.74, 6) is 1.71. The second-order valence-corrected chi connectivity index (χ2v) is 8.30. The first-order valence-electron chi connectivity index (χ1n) is 11.1. The highest BCUT2D eigenvalue weighted by Gasteiger charge is 2.13. The van der Waals surface area contributed by atoms with Crippen LogP contribution in [0.5, 0.6) is 11.5 Å². The van der Waals surface area contributed by atoms with Gasteiger partial charge in [0.2, 0.25) is 11.8 Å². The summed E-state index contributed by atoms with van der Waals surface area (Å²) < 4.78 is 12.4. The molecule has 184 valence electrons. The molecule has 0 aliphatic carbocycles. The van der Waals surface area contributed by atoms with Gasteiger partial charge in [0, 0.05) is 19.2 Å². The predicted molar refractivity (Wildman–Crippen MR) is 135 cm³/mol. The van der Waals surface area contributed by atoms with Crippen molar-refractivity contribution in [1.82, 2.24) is 25.4 Å². The summed E-state index contributed by atoms with van der Waals surface area (Å²) >= 11 is 1.31. The molecule has 10 heteroatoms. The fourth-order valence-electron chi connectivity index (χ4n) is 3.21. The lowest BCUT2D eigenvalue weighted by Crippen LogP contribution is -2.25. The third-order valence-corrected chi connectivity index (χ3v) is 6.00. The Kier molecular flexibility index (Phi) is 9.73. The Bertz CT molecular complexity index is 1160. The van der Waals surface area contributed by atoms with Gasteiger partial charge in [-0.25, -0.2) is 0 Å². The average molecular weight is 496 g/mol. The number of nitrogens with one attached hydrogen (secondary N) is 2. The van der Waals surface area contributed by atoms with E-state index in [9.17, 15) is 9.59 Å². The average Bonchev–Trinajstić information content (AvgIpc) is 3.30. The monoisotopic (exact) mass is 495 g/mol. The number of methoxy groups -OCH3 is 2. The number of nitrogens with zero attached hydrogens (tertiary/aromatic N) is 3. The highest BCUT2D eigenvalue weighted by molar-refractivity contribution is 7.99. The van der Waals surface area contributed by atoms with Crippen LogP contribution in [0.1, 0.15) is 23.9 Å². The van der Waals surface area contributed by atoms with Gasteiger partial charge in [-0.05, 0) is 36.3 Å². The van der Waals surface area contributed by atoms with Crippen molar-refractivity contribution in [3.05, 3.63) is 71.6 Å². The zero-order chi connectivity index (χ0) is 25.0. The van der Waals surface area contributed by atoms with E-state index in [0.29, 0.717) is 35.6 Å². The second-order valence-electron chi connectivity index (χ2n) is 7.36. The lowest BCUT2D eigenvalue weighted by Gasteiger charge is -2.08. The number of aromatic nitrogens is 3. The topological polar surface area (TPSA) is 107 Å². The Morgan fingerprint density at radius 1 is 1.00 bits per heavy atom. The van der Waals surface area contributed by atoms with E-state index in [1.165, 1.54) is 17.8 Å². The Morgan fingerprint density at radius 3 is 2.49 bits per heavy atom. The summed E-state index contributed by atoms with van der Waals surface area (Å²) in [6.07, 6.45) is 3.14. The van der Waals surface area contributed by atoms with Gasteiger partial charge < -0.3 is 24.7 Å². The first kappa shape index (κ1) is 25.8. The third kappa shape index (κ3) is 7.61. The minimum absolute atomic E-state index is 0.0836. The van der Waals surface area contributed by atoms with Crippen LogP contribution in [0.15, 0.2) is 59.8 Å². The molecule has 0 unspecified atom stereocenters. The van der Waals surface area contributed by atoms with Gasteiger partial charge >= 0.3 is 0 Å². The molecular weight excluding hydrogens is 466 g/mol. The van der Waals surface area contributed by atoms with Gasteiger partial charge in [-0.2, -0.15) is 0 Å². The van der Waals surface area contributed by atoms with E-state index in [1.54, 1.807) is 32.4 Å². The molecule has 0 spiro atoms. The summed E-state index contributed by atoms with van der Waals surface area (Å²) in [6, 6.07) is 15.1. The molecule has 0 atom stereocenters. The molecule has 0 radical (unpaired) electrons. The molecule has 35 heavy (non-hydrogen) atoms. The number of ether oxygens (including phenoxy) is 2. The van der Waals surface area contributed by atoms with Crippen molar-refractivity contribution in [2.45, 2.75) is 31.7 Å². The van der Waals surface area contributed by atoms with Gasteiger partial charge in [0.1, 0.15) is 0 Å². The number of carbonyl (C=O) groups excluding carboxylic acids is 2. The van der Waals surface area contributed by atoms with Gasteiger partial charge in [0.05, 0.1) is 26.5 Å². The molecule has 1 aromatic heterocycles. The quantitative estimate of drug-likeness (QED) is 0.294. The van der Waals surface area contributed by atoms with Gasteiger partial charge in [-0.1, -0.05) is 48.2 Å². The molecule has 0 saturated carbocycles. The Hall–Kier alpha value is -3.79. The minimum atomic E-state index is -0.264. The molecule has 0 fully saturated rings. The molecule has 2 amide bonds. The van der Waals surface area contributed by atoms with E-state index >= 15 is 0 Å². The molecule has 1 heterocycles. The van der Waals surface area contributed by atoms with Crippen LogP contribution >= 0.6 is 11.8 Å². The van der Waals surface area contributed by atoms with Gasteiger partial charge in [0.25, 0.3) is 0 Å². The molecule has 3 aromatic rings. The van der Waals surface area contributed by atoms with E-state index < -0.39 is 0 Å². The van der Waals surface area contributed by atoms with Crippen LogP contribution < -0.4 is 20.1 Å². The van der Waals surface area contributed by atoms with Crippen molar-refractivity contribution in [3.8, 4) is 11.5 Å². The number of carbonyl (C=O) groups is 2. The Morgan fingerprint density at radius 2 is 1.77 bits per heavy atom. The van der Waals surface area contributed by atoms with E-state index in [4.69, 9.17) is 9.47 Å². The van der Waals surface area contributed by atoms with Gasteiger partial charge in [0.15, 0.2) is 22.5 Å². The maximum Gasteiger partial charge on any atom is 0.244 e. The fraction of sp³-hybridized carbons (Fsp3) is 0.280. The standard InChI is InChI=1S/C25H29N5O4S/c1-4-30-22(16-27-23(31)13-11-18-10-12-20(33-2)21(14-18)34-3)28-29-25(30)35-17-24(32)26-15-19-8-6-5-7-9-19/h5-14H,4,15-17H2,1-3H3,(H,26,32)(H,27,31)/b13-11+. The van der Waals surface area contributed by atoms with Crippen molar-refractivity contribution in [2.24, 2.45) is 0 Å². The Balaban J connectivity index is 1.50. The molecule has 0 aliphatic heterocycles. The first-order valence-corrected chi connectivity index (χ1v) is 12.1. The van der Waals surface area contributed by atoms with Crippen LogP contribution in [0.4, 0.5) is 0 Å². The SMILES string of the molecule is CCn1c(CNC(=O)/C=C/c2ccc(OC)c(OC)c2)nnc1SCC(=O)NCc1ccccc1. The normalized spacial score (nSPS) is 10.8. The van der Waals surface area contributed by atoms with Crippen molar-refractivity contribution in [2.75, 3.05) is 20.0 Å². The third-order valence-electron chi connectivity index (χ3n) is 5.03. The predicted octanol–water partition coefficient (Wildman–Crippen LogP) is 3.05. The summed E-state index contributed by atoms with van der Waals surface area (Å²) in [5.41, 5.74) is 1.85. The van der Waals surface area contributed by atoms with Crippen molar-refractivity contribution in [3.63, 3.8) is 0 Å². The van der Waals surface area contributed by atoms with Crippen LogP contribution in [-0.2, 0) is 29.2 Å². The highest BCUT2D eigenvalue weighted by atomic mass is 32.2. The summed E-state index contributed by atoms with van der Waals surface area (Å²) in [6.45, 7) is 3.28. The van der Waals surface area contributed by atoms with Gasteiger partial charge in [-0.15, -0.1) is 10.2 Å². The maximum absolute atomic E-state index is 12.3. The summed E-state index contributed by atoms with van der Waals surface area (Å²) in [4.78, 5) is 24.5. The van der Waals surface area contributed by atoms with Gasteiger partial charge in [-0.3, -0.25) is 9.59 Å².